The fourth-order valence-electron chi connectivity index (χ4n) is 2.09. The minimum Gasteiger partial charge on any atom is -0.383 e. The summed E-state index contributed by atoms with van der Waals surface area (Å²) >= 11 is 0. The smallest absolute Gasteiger partial charge is 0.140 e. The number of fused-ring (bicyclic) bond motifs is 1. The van der Waals surface area contributed by atoms with Crippen LogP contribution in [0.15, 0.2) is 24.5 Å². The molecular weight excluding hydrogens is 242 g/mol. The molecule has 2 aromatic heterocycles. The van der Waals surface area contributed by atoms with Gasteiger partial charge in [-0.25, -0.2) is 4.98 Å². The number of aromatic nitrogens is 2. The molecule has 0 aliphatic carbocycles. The molecule has 0 fully saturated rings. The Morgan fingerprint density at radius 3 is 2.89 bits per heavy atom. The largest absolute Gasteiger partial charge is 0.383 e. The third-order valence-corrected chi connectivity index (χ3v) is 3.05. The topological polar surface area (TPSA) is 48.3 Å². The van der Waals surface area contributed by atoms with E-state index in [4.69, 9.17) is 9.47 Å². The lowest BCUT2D eigenvalue weighted by Gasteiger charge is -2.02. The average molecular weight is 263 g/mol. The zero-order chi connectivity index (χ0) is 13.5. The summed E-state index contributed by atoms with van der Waals surface area (Å²) in [4.78, 5) is 4.45. The van der Waals surface area contributed by atoms with Gasteiger partial charge in [-0.1, -0.05) is 0 Å². The lowest BCUT2D eigenvalue weighted by Crippen LogP contribution is -2.18. The molecule has 0 aliphatic heterocycles. The zero-order valence-corrected chi connectivity index (χ0v) is 11.6. The van der Waals surface area contributed by atoms with Crippen molar-refractivity contribution in [2.45, 2.75) is 13.1 Å². The monoisotopic (exact) mass is 263 g/mol. The number of ether oxygens (including phenoxy) is 2. The molecule has 19 heavy (non-hydrogen) atoms. The van der Waals surface area contributed by atoms with Gasteiger partial charge < -0.3 is 19.4 Å². The Morgan fingerprint density at radius 2 is 2.11 bits per heavy atom. The van der Waals surface area contributed by atoms with Gasteiger partial charge in [-0.05, 0) is 17.7 Å². The van der Waals surface area contributed by atoms with Crippen LogP contribution in [-0.2, 0) is 22.6 Å². The number of nitrogens with zero attached hydrogens (tertiary/aromatic N) is 2. The molecule has 104 valence electrons. The summed E-state index contributed by atoms with van der Waals surface area (Å²) in [6, 6.07) is 4.08. The van der Waals surface area contributed by atoms with Crippen LogP contribution in [0.25, 0.3) is 11.0 Å². The van der Waals surface area contributed by atoms with Gasteiger partial charge in [-0.15, -0.1) is 0 Å². The highest BCUT2D eigenvalue weighted by Gasteiger charge is 2.08. The van der Waals surface area contributed by atoms with Crippen LogP contribution in [0.3, 0.4) is 0 Å². The minimum atomic E-state index is 0.691. The summed E-state index contributed by atoms with van der Waals surface area (Å²) in [5, 5.41) is 4.56. The van der Waals surface area contributed by atoms with Crippen LogP contribution >= 0.6 is 0 Å². The van der Waals surface area contributed by atoms with Crippen molar-refractivity contribution in [2.24, 2.45) is 0 Å². The molecule has 2 aromatic rings. The normalized spacial score (nSPS) is 11.3. The molecular formula is C14H21N3O2. The summed E-state index contributed by atoms with van der Waals surface area (Å²) in [5.74, 6) is 0. The summed E-state index contributed by atoms with van der Waals surface area (Å²) in [7, 11) is 3.43. The first kappa shape index (κ1) is 14.0. The third-order valence-electron chi connectivity index (χ3n) is 3.05. The predicted octanol–water partition coefficient (Wildman–Crippen LogP) is 1.42. The second kappa shape index (κ2) is 7.23. The Hall–Kier alpha value is -1.43. The number of pyridine rings is 1. The van der Waals surface area contributed by atoms with Gasteiger partial charge in [-0.2, -0.15) is 0 Å². The van der Waals surface area contributed by atoms with E-state index in [1.165, 1.54) is 10.9 Å². The van der Waals surface area contributed by atoms with Gasteiger partial charge in [0, 0.05) is 51.6 Å². The molecule has 5 heteroatoms. The van der Waals surface area contributed by atoms with Crippen LogP contribution in [-0.4, -0.2) is 43.5 Å². The number of nitrogens with one attached hydrogen (secondary N) is 1. The SMILES string of the molecule is COCCNCc1cn(CCOC)c2ncccc12. The number of hydrogen-bond donors (Lipinski definition) is 1. The molecule has 0 bridgehead atoms. The molecule has 0 spiro atoms. The van der Waals surface area contributed by atoms with Crippen molar-refractivity contribution in [3.8, 4) is 0 Å². The lowest BCUT2D eigenvalue weighted by atomic mass is 10.2. The van der Waals surface area contributed by atoms with Crippen LogP contribution in [0.4, 0.5) is 0 Å². The second-order valence-corrected chi connectivity index (χ2v) is 4.38. The molecule has 0 unspecified atom stereocenters. The summed E-state index contributed by atoms with van der Waals surface area (Å²) in [5.41, 5.74) is 2.28. The van der Waals surface area contributed by atoms with Crippen molar-refractivity contribution < 1.29 is 9.47 Å². The molecule has 2 heterocycles. The molecule has 0 aliphatic rings. The Balaban J connectivity index is 2.13. The first-order chi connectivity index (χ1) is 9.36. The molecule has 0 saturated heterocycles. The van der Waals surface area contributed by atoms with E-state index in [2.05, 4.69) is 27.1 Å². The average Bonchev–Trinajstić information content (AvgIpc) is 2.80. The van der Waals surface area contributed by atoms with Gasteiger partial charge in [-0.3, -0.25) is 0 Å². The van der Waals surface area contributed by atoms with Crippen LogP contribution in [0.1, 0.15) is 5.56 Å². The standard InChI is InChI=1S/C14H21N3O2/c1-18-8-6-15-10-12-11-17(7-9-19-2)14-13(12)4-3-5-16-14/h3-5,11,15H,6-10H2,1-2H3. The predicted molar refractivity (Wildman–Crippen MR) is 75.2 cm³/mol. The first-order valence-corrected chi connectivity index (χ1v) is 6.48. The van der Waals surface area contributed by atoms with Crippen molar-refractivity contribution in [3.63, 3.8) is 0 Å². The maximum absolute atomic E-state index is 5.14. The number of methoxy groups -OCH3 is 2. The van der Waals surface area contributed by atoms with E-state index in [0.29, 0.717) is 6.61 Å². The van der Waals surface area contributed by atoms with Gasteiger partial charge in [0.15, 0.2) is 0 Å². The van der Waals surface area contributed by atoms with Crippen molar-refractivity contribution >= 4 is 11.0 Å². The highest BCUT2D eigenvalue weighted by Crippen LogP contribution is 2.19. The van der Waals surface area contributed by atoms with E-state index in [-0.39, 0.29) is 0 Å². The van der Waals surface area contributed by atoms with Crippen LogP contribution < -0.4 is 5.32 Å². The molecule has 2 rings (SSSR count). The van der Waals surface area contributed by atoms with Gasteiger partial charge in [0.1, 0.15) is 5.65 Å². The van der Waals surface area contributed by atoms with E-state index in [0.717, 1.165) is 31.9 Å². The molecule has 5 nitrogen and oxygen atoms in total. The van der Waals surface area contributed by atoms with Crippen molar-refractivity contribution in [1.29, 1.82) is 0 Å². The van der Waals surface area contributed by atoms with Gasteiger partial charge in [0.25, 0.3) is 0 Å². The molecule has 0 saturated carbocycles. The Morgan fingerprint density at radius 1 is 1.26 bits per heavy atom. The maximum Gasteiger partial charge on any atom is 0.140 e. The van der Waals surface area contributed by atoms with Crippen LogP contribution in [0.2, 0.25) is 0 Å². The molecule has 0 atom stereocenters. The van der Waals surface area contributed by atoms with Crippen molar-refractivity contribution in [2.75, 3.05) is 34.0 Å². The molecule has 0 radical (unpaired) electrons. The van der Waals surface area contributed by atoms with Crippen molar-refractivity contribution in [3.05, 3.63) is 30.1 Å². The fourth-order valence-corrected chi connectivity index (χ4v) is 2.09. The van der Waals surface area contributed by atoms with E-state index >= 15 is 0 Å². The molecule has 0 amide bonds. The summed E-state index contributed by atoms with van der Waals surface area (Å²) in [6.07, 6.45) is 3.98. The molecule has 0 aromatic carbocycles. The van der Waals surface area contributed by atoms with E-state index in [1.807, 2.05) is 12.3 Å². The highest BCUT2D eigenvalue weighted by atomic mass is 16.5. The summed E-state index contributed by atoms with van der Waals surface area (Å²) < 4.78 is 12.3. The Bertz CT molecular complexity index is 510. The third kappa shape index (κ3) is 3.53. The Kier molecular flexibility index (Phi) is 5.32. The number of hydrogen-bond acceptors (Lipinski definition) is 4. The lowest BCUT2D eigenvalue weighted by molar-refractivity contribution is 0.188. The minimum absolute atomic E-state index is 0.691. The quantitative estimate of drug-likeness (QED) is 0.732. The van der Waals surface area contributed by atoms with Crippen LogP contribution in [0.5, 0.6) is 0 Å². The zero-order valence-electron chi connectivity index (χ0n) is 11.6. The summed E-state index contributed by atoms with van der Waals surface area (Å²) in [6.45, 7) is 3.91. The van der Waals surface area contributed by atoms with E-state index < -0.39 is 0 Å². The highest BCUT2D eigenvalue weighted by molar-refractivity contribution is 5.80. The number of rotatable bonds is 8. The first-order valence-electron chi connectivity index (χ1n) is 6.48. The van der Waals surface area contributed by atoms with E-state index in [1.54, 1.807) is 14.2 Å². The van der Waals surface area contributed by atoms with Crippen LogP contribution in [0, 0.1) is 0 Å². The van der Waals surface area contributed by atoms with Crippen molar-refractivity contribution in [1.82, 2.24) is 14.9 Å². The molecule has 1 N–H and O–H groups in total. The fraction of sp³-hybridized carbons (Fsp3) is 0.500. The Labute approximate surface area is 113 Å². The van der Waals surface area contributed by atoms with Gasteiger partial charge in [0.2, 0.25) is 0 Å². The van der Waals surface area contributed by atoms with E-state index in [9.17, 15) is 0 Å². The van der Waals surface area contributed by atoms with Gasteiger partial charge >= 0.3 is 0 Å². The maximum atomic E-state index is 5.14. The van der Waals surface area contributed by atoms with Gasteiger partial charge in [0.05, 0.1) is 13.2 Å². The second-order valence-electron chi connectivity index (χ2n) is 4.38.